The van der Waals surface area contributed by atoms with Gasteiger partial charge in [-0.3, -0.25) is 0 Å². The van der Waals surface area contributed by atoms with Gasteiger partial charge in [0.1, 0.15) is 0 Å². The average molecular weight is 145 g/mol. The Kier molecular flexibility index (Phi) is 2.89. The third kappa shape index (κ3) is 2.29. The van der Waals surface area contributed by atoms with Crippen molar-refractivity contribution in [2.24, 2.45) is 0 Å². The molecule has 0 saturated carbocycles. The van der Waals surface area contributed by atoms with Crippen LogP contribution in [0.25, 0.3) is 0 Å². The van der Waals surface area contributed by atoms with Crippen molar-refractivity contribution >= 4 is 7.69 Å². The summed E-state index contributed by atoms with van der Waals surface area (Å²) in [5.74, 6) is 0. The van der Waals surface area contributed by atoms with Crippen LogP contribution in [0.3, 0.4) is 0 Å². The van der Waals surface area contributed by atoms with Gasteiger partial charge in [0.2, 0.25) is 0 Å². The highest BCUT2D eigenvalue weighted by molar-refractivity contribution is 6.16. The molecule has 1 radical (unpaired) electrons. The highest BCUT2D eigenvalue weighted by atomic mass is 16.5. The molecule has 0 aromatic carbocycles. The Bertz CT molecular complexity index is 106. The molecule has 0 aromatic rings. The second-order valence-electron chi connectivity index (χ2n) is 3.29. The molecule has 0 atom stereocenters. The molecular formula is C6H14BO3. The van der Waals surface area contributed by atoms with Crippen molar-refractivity contribution in [3.05, 3.63) is 0 Å². The first kappa shape index (κ1) is 9.94. The highest BCUT2D eigenvalue weighted by Crippen LogP contribution is 2.23. The second kappa shape index (κ2) is 2.90. The topological polar surface area (TPSA) is 49.7 Å². The van der Waals surface area contributed by atoms with Crippen molar-refractivity contribution in [2.75, 3.05) is 0 Å². The normalized spacial score (nSPS) is 13.4. The summed E-state index contributed by atoms with van der Waals surface area (Å²) in [6.45, 7) is 6.63. The fourth-order valence-electron chi connectivity index (χ4n) is 0.276. The van der Waals surface area contributed by atoms with E-state index in [0.717, 1.165) is 0 Å². The molecule has 0 aromatic heterocycles. The van der Waals surface area contributed by atoms with E-state index < -0.39 is 11.2 Å². The SMILES string of the molecule is CC(C)(O)C(C)(C)O[B]O. The molecule has 3 nitrogen and oxygen atoms in total. The Morgan fingerprint density at radius 2 is 1.60 bits per heavy atom. The molecule has 0 aliphatic carbocycles. The predicted octanol–water partition coefficient (Wildman–Crippen LogP) is 0.0790. The minimum atomic E-state index is -0.966. The van der Waals surface area contributed by atoms with Crippen molar-refractivity contribution in [3.8, 4) is 0 Å². The number of rotatable bonds is 3. The Hall–Kier alpha value is -0.0551. The molecule has 0 amide bonds. The zero-order chi connectivity index (χ0) is 8.41. The molecule has 0 heterocycles. The lowest BCUT2D eigenvalue weighted by atomic mass is 9.89. The number of hydrogen-bond acceptors (Lipinski definition) is 3. The largest absolute Gasteiger partial charge is 0.485 e. The van der Waals surface area contributed by atoms with Crippen LogP contribution < -0.4 is 0 Å². The van der Waals surface area contributed by atoms with E-state index in [1.807, 2.05) is 0 Å². The zero-order valence-corrected chi connectivity index (χ0v) is 6.88. The molecule has 0 aliphatic heterocycles. The first-order chi connectivity index (χ1) is 4.31. The Morgan fingerprint density at radius 1 is 1.20 bits per heavy atom. The summed E-state index contributed by atoms with van der Waals surface area (Å²) in [6.07, 6.45) is 0. The molecular weight excluding hydrogens is 131 g/mol. The summed E-state index contributed by atoms with van der Waals surface area (Å²) >= 11 is 0. The molecule has 10 heavy (non-hydrogen) atoms. The summed E-state index contributed by atoms with van der Waals surface area (Å²) in [6, 6.07) is 0. The van der Waals surface area contributed by atoms with E-state index in [-0.39, 0.29) is 0 Å². The van der Waals surface area contributed by atoms with Crippen LogP contribution >= 0.6 is 0 Å². The Balaban J connectivity index is 4.10. The van der Waals surface area contributed by atoms with E-state index in [4.69, 9.17) is 9.68 Å². The average Bonchev–Trinajstić information content (AvgIpc) is 1.61. The van der Waals surface area contributed by atoms with Crippen LogP contribution in [-0.2, 0) is 4.65 Å². The van der Waals surface area contributed by atoms with E-state index in [1.54, 1.807) is 27.7 Å². The molecule has 0 saturated heterocycles. The molecule has 0 fully saturated rings. The molecule has 0 rings (SSSR count). The van der Waals surface area contributed by atoms with Gasteiger partial charge < -0.3 is 14.8 Å². The van der Waals surface area contributed by atoms with E-state index in [1.165, 1.54) is 0 Å². The van der Waals surface area contributed by atoms with Crippen LogP contribution in [0.5, 0.6) is 0 Å². The first-order valence-electron chi connectivity index (χ1n) is 3.17. The Morgan fingerprint density at radius 3 is 1.70 bits per heavy atom. The lowest BCUT2D eigenvalue weighted by Gasteiger charge is -2.36. The number of aliphatic hydroxyl groups is 1. The third-order valence-corrected chi connectivity index (χ3v) is 1.82. The van der Waals surface area contributed by atoms with Gasteiger partial charge in [0, 0.05) is 0 Å². The van der Waals surface area contributed by atoms with E-state index in [9.17, 15) is 5.11 Å². The summed E-state index contributed by atoms with van der Waals surface area (Å²) in [5, 5.41) is 17.7. The van der Waals surface area contributed by atoms with E-state index in [2.05, 4.69) is 0 Å². The lowest BCUT2D eigenvalue weighted by molar-refractivity contribution is -0.0956. The third-order valence-electron chi connectivity index (χ3n) is 1.82. The van der Waals surface area contributed by atoms with Gasteiger partial charge in [-0.25, -0.2) is 0 Å². The van der Waals surface area contributed by atoms with Crippen LogP contribution in [0.2, 0.25) is 0 Å². The molecule has 0 bridgehead atoms. The van der Waals surface area contributed by atoms with Gasteiger partial charge in [0.05, 0.1) is 11.2 Å². The van der Waals surface area contributed by atoms with Crippen LogP contribution in [-0.4, -0.2) is 29.0 Å². The van der Waals surface area contributed by atoms with Crippen molar-refractivity contribution in [1.29, 1.82) is 0 Å². The Labute approximate surface area is 62.3 Å². The summed E-state index contributed by atoms with van der Waals surface area (Å²) in [4.78, 5) is 0. The van der Waals surface area contributed by atoms with Crippen molar-refractivity contribution < 1.29 is 14.8 Å². The number of hydrogen-bond donors (Lipinski definition) is 2. The van der Waals surface area contributed by atoms with Gasteiger partial charge in [-0.05, 0) is 27.7 Å². The van der Waals surface area contributed by atoms with Gasteiger partial charge >= 0.3 is 7.69 Å². The van der Waals surface area contributed by atoms with Crippen molar-refractivity contribution in [3.63, 3.8) is 0 Å². The maximum absolute atomic E-state index is 9.42. The smallest absolute Gasteiger partial charge is 0.429 e. The van der Waals surface area contributed by atoms with Gasteiger partial charge in [-0.2, -0.15) is 0 Å². The van der Waals surface area contributed by atoms with E-state index >= 15 is 0 Å². The maximum Gasteiger partial charge on any atom is 0.485 e. The van der Waals surface area contributed by atoms with Crippen LogP contribution in [0.15, 0.2) is 0 Å². The monoisotopic (exact) mass is 145 g/mol. The van der Waals surface area contributed by atoms with Crippen molar-refractivity contribution in [2.45, 2.75) is 38.9 Å². The molecule has 0 unspecified atom stereocenters. The minimum Gasteiger partial charge on any atom is -0.429 e. The predicted molar refractivity (Wildman–Crippen MR) is 39.4 cm³/mol. The molecule has 2 N–H and O–H groups in total. The highest BCUT2D eigenvalue weighted by Gasteiger charge is 2.35. The van der Waals surface area contributed by atoms with Gasteiger partial charge in [-0.1, -0.05) is 0 Å². The molecule has 4 heteroatoms. The van der Waals surface area contributed by atoms with Crippen LogP contribution in [0.4, 0.5) is 0 Å². The van der Waals surface area contributed by atoms with Gasteiger partial charge in [0.25, 0.3) is 0 Å². The van der Waals surface area contributed by atoms with Crippen LogP contribution in [0, 0.1) is 0 Å². The van der Waals surface area contributed by atoms with Crippen LogP contribution in [0.1, 0.15) is 27.7 Å². The summed E-state index contributed by atoms with van der Waals surface area (Å²) < 4.78 is 4.77. The zero-order valence-electron chi connectivity index (χ0n) is 6.88. The quantitative estimate of drug-likeness (QED) is 0.553. The van der Waals surface area contributed by atoms with Gasteiger partial charge in [0.15, 0.2) is 0 Å². The fraction of sp³-hybridized carbons (Fsp3) is 1.00. The van der Waals surface area contributed by atoms with Crippen molar-refractivity contribution in [1.82, 2.24) is 0 Å². The standard InChI is InChI=1S/C6H14BO3/c1-5(2,8)6(3,4)10-7-9/h8-9H,1-4H3. The molecule has 0 spiro atoms. The van der Waals surface area contributed by atoms with Gasteiger partial charge in [-0.15, -0.1) is 0 Å². The molecule has 59 valence electrons. The minimum absolute atomic E-state index is 0.595. The first-order valence-corrected chi connectivity index (χ1v) is 3.17. The van der Waals surface area contributed by atoms with E-state index in [0.29, 0.717) is 7.69 Å². The lowest BCUT2D eigenvalue weighted by Crippen LogP contribution is -2.47. The summed E-state index contributed by atoms with van der Waals surface area (Å²) in [7, 11) is 0.595. The summed E-state index contributed by atoms with van der Waals surface area (Å²) in [5.41, 5.74) is -1.73. The maximum atomic E-state index is 9.42. The molecule has 0 aliphatic rings. The second-order valence-corrected chi connectivity index (χ2v) is 3.29. The fourth-order valence-corrected chi connectivity index (χ4v) is 0.276.